The minimum Gasteiger partial charge on any atom is -0.478 e. The Bertz CT molecular complexity index is 1140. The van der Waals surface area contributed by atoms with Gasteiger partial charge in [-0.2, -0.15) is 0 Å². The van der Waals surface area contributed by atoms with Gasteiger partial charge in [0.15, 0.2) is 11.3 Å². The van der Waals surface area contributed by atoms with Crippen LogP contribution in [0.3, 0.4) is 0 Å². The lowest BCUT2D eigenvalue weighted by molar-refractivity contribution is 0.0697. The quantitative estimate of drug-likeness (QED) is 0.463. The second kappa shape index (κ2) is 6.07. The van der Waals surface area contributed by atoms with Crippen LogP contribution >= 0.6 is 11.6 Å². The van der Waals surface area contributed by atoms with Crippen molar-refractivity contribution in [3.8, 4) is 22.7 Å². The van der Waals surface area contributed by atoms with Crippen molar-refractivity contribution in [3.05, 3.63) is 70.2 Å². The van der Waals surface area contributed by atoms with E-state index in [0.717, 1.165) is 33.5 Å². The smallest absolute Gasteiger partial charge is 0.335 e. The number of carboxylic acid groups (broad SMARTS) is 1. The molecule has 0 bridgehead atoms. The molecule has 4 rings (SSSR count). The fourth-order valence-corrected chi connectivity index (χ4v) is 3.36. The standard InChI is InChI=1S/C21H16ClNO3/c1-11-9-16(22)20-15(12(11)2)10-19(26-20)18-8-7-17(23-18)13-3-5-14(6-4-13)21(24)25/h3-10,23H,1-2H3,(H,24,25). The second-order valence-corrected chi connectivity index (χ2v) is 6.73. The van der Waals surface area contributed by atoms with E-state index in [0.29, 0.717) is 16.4 Å². The lowest BCUT2D eigenvalue weighted by atomic mass is 10.1. The van der Waals surface area contributed by atoms with Gasteiger partial charge in [0.2, 0.25) is 0 Å². The van der Waals surface area contributed by atoms with E-state index >= 15 is 0 Å². The molecule has 0 radical (unpaired) electrons. The number of aromatic amines is 1. The van der Waals surface area contributed by atoms with Crippen molar-refractivity contribution in [1.82, 2.24) is 4.98 Å². The van der Waals surface area contributed by atoms with Gasteiger partial charge in [-0.05, 0) is 66.9 Å². The molecule has 2 N–H and O–H groups in total. The van der Waals surface area contributed by atoms with Gasteiger partial charge in [-0.25, -0.2) is 4.79 Å². The van der Waals surface area contributed by atoms with Crippen LogP contribution in [0.15, 0.2) is 52.9 Å². The molecular formula is C21H16ClNO3. The summed E-state index contributed by atoms with van der Waals surface area (Å²) < 4.78 is 5.98. The molecule has 5 heteroatoms. The summed E-state index contributed by atoms with van der Waals surface area (Å²) in [5.74, 6) is -0.224. The van der Waals surface area contributed by atoms with Crippen LogP contribution in [0.4, 0.5) is 0 Å². The van der Waals surface area contributed by atoms with E-state index in [9.17, 15) is 4.79 Å². The number of benzene rings is 2. The van der Waals surface area contributed by atoms with Crippen LogP contribution in [-0.2, 0) is 0 Å². The maximum atomic E-state index is 11.0. The summed E-state index contributed by atoms with van der Waals surface area (Å²) in [6, 6.07) is 14.5. The number of H-pyrrole nitrogens is 1. The maximum absolute atomic E-state index is 11.0. The average Bonchev–Trinajstić information content (AvgIpc) is 3.27. The lowest BCUT2D eigenvalue weighted by Gasteiger charge is -2.01. The van der Waals surface area contributed by atoms with Crippen molar-refractivity contribution in [2.75, 3.05) is 0 Å². The zero-order valence-corrected chi connectivity index (χ0v) is 15.0. The molecule has 0 aliphatic heterocycles. The zero-order valence-electron chi connectivity index (χ0n) is 14.3. The molecule has 2 aromatic heterocycles. The number of hydrogen-bond acceptors (Lipinski definition) is 2. The number of furan rings is 1. The van der Waals surface area contributed by atoms with Crippen molar-refractivity contribution in [2.24, 2.45) is 0 Å². The fraction of sp³-hybridized carbons (Fsp3) is 0.0952. The summed E-state index contributed by atoms with van der Waals surface area (Å²) in [7, 11) is 0. The summed E-state index contributed by atoms with van der Waals surface area (Å²) in [6.45, 7) is 4.08. The number of aryl methyl sites for hydroxylation is 2. The number of fused-ring (bicyclic) bond motifs is 1. The number of hydrogen-bond donors (Lipinski definition) is 2. The van der Waals surface area contributed by atoms with Crippen molar-refractivity contribution >= 4 is 28.5 Å². The van der Waals surface area contributed by atoms with Crippen LogP contribution < -0.4 is 0 Å². The van der Waals surface area contributed by atoms with E-state index in [-0.39, 0.29) is 5.56 Å². The third-order valence-corrected chi connectivity index (χ3v) is 4.96. The number of rotatable bonds is 3. The third-order valence-electron chi connectivity index (χ3n) is 4.68. The van der Waals surface area contributed by atoms with Crippen molar-refractivity contribution in [2.45, 2.75) is 13.8 Å². The molecule has 0 saturated carbocycles. The molecule has 0 fully saturated rings. The topological polar surface area (TPSA) is 66.2 Å². The summed E-state index contributed by atoms with van der Waals surface area (Å²) in [5, 5.41) is 10.6. The molecule has 0 spiro atoms. The van der Waals surface area contributed by atoms with E-state index in [1.807, 2.05) is 31.2 Å². The van der Waals surface area contributed by atoms with Crippen LogP contribution in [-0.4, -0.2) is 16.1 Å². The minimum absolute atomic E-state index is 0.262. The monoisotopic (exact) mass is 365 g/mol. The molecule has 0 atom stereocenters. The van der Waals surface area contributed by atoms with E-state index in [1.165, 1.54) is 0 Å². The van der Waals surface area contributed by atoms with Crippen LogP contribution in [0.2, 0.25) is 5.02 Å². The van der Waals surface area contributed by atoms with Gasteiger partial charge in [-0.3, -0.25) is 0 Å². The number of carboxylic acids is 1. The minimum atomic E-state index is -0.937. The van der Waals surface area contributed by atoms with E-state index in [4.69, 9.17) is 21.1 Å². The molecule has 4 nitrogen and oxygen atoms in total. The molecule has 130 valence electrons. The molecule has 0 saturated heterocycles. The Balaban J connectivity index is 1.74. The molecular weight excluding hydrogens is 350 g/mol. The summed E-state index contributed by atoms with van der Waals surface area (Å²) >= 11 is 6.32. The SMILES string of the molecule is Cc1cc(Cl)c2oc(-c3ccc(-c4ccc(C(=O)O)cc4)[nH]3)cc2c1C. The number of carbonyl (C=O) groups is 1. The van der Waals surface area contributed by atoms with Crippen LogP contribution in [0, 0.1) is 13.8 Å². The number of aromatic nitrogens is 1. The van der Waals surface area contributed by atoms with Gasteiger partial charge in [0, 0.05) is 11.1 Å². The number of nitrogens with one attached hydrogen (secondary N) is 1. The third kappa shape index (κ3) is 2.68. The fourth-order valence-electron chi connectivity index (χ4n) is 3.06. The predicted octanol–water partition coefficient (Wildman–Crippen LogP) is 6.06. The first-order valence-corrected chi connectivity index (χ1v) is 8.54. The molecule has 0 amide bonds. The van der Waals surface area contributed by atoms with Gasteiger partial charge in [-0.1, -0.05) is 23.7 Å². The Morgan fingerprint density at radius 3 is 2.42 bits per heavy atom. The van der Waals surface area contributed by atoms with Crippen molar-refractivity contribution in [3.63, 3.8) is 0 Å². The molecule has 2 aromatic carbocycles. The Morgan fingerprint density at radius 2 is 1.73 bits per heavy atom. The molecule has 4 aromatic rings. The maximum Gasteiger partial charge on any atom is 0.335 e. The highest BCUT2D eigenvalue weighted by Crippen LogP contribution is 2.36. The summed E-state index contributed by atoms with van der Waals surface area (Å²) in [4.78, 5) is 14.3. The molecule has 0 aliphatic carbocycles. The van der Waals surface area contributed by atoms with E-state index < -0.39 is 5.97 Å². The summed E-state index contributed by atoms with van der Waals surface area (Å²) in [6.07, 6.45) is 0. The molecule has 26 heavy (non-hydrogen) atoms. The first-order valence-electron chi connectivity index (χ1n) is 8.16. The first-order chi connectivity index (χ1) is 12.4. The van der Waals surface area contributed by atoms with Gasteiger partial charge in [0.1, 0.15) is 0 Å². The largest absolute Gasteiger partial charge is 0.478 e. The predicted molar refractivity (Wildman–Crippen MR) is 103 cm³/mol. The van der Waals surface area contributed by atoms with E-state index in [2.05, 4.69) is 11.9 Å². The number of aromatic carboxylic acids is 1. The lowest BCUT2D eigenvalue weighted by Crippen LogP contribution is -1.94. The van der Waals surface area contributed by atoms with Crippen molar-refractivity contribution in [1.29, 1.82) is 0 Å². The van der Waals surface area contributed by atoms with Crippen LogP contribution in [0.1, 0.15) is 21.5 Å². The van der Waals surface area contributed by atoms with E-state index in [1.54, 1.807) is 24.3 Å². The molecule has 0 aliphatic rings. The first kappa shape index (κ1) is 16.5. The van der Waals surface area contributed by atoms with Gasteiger partial charge in [0.25, 0.3) is 0 Å². The van der Waals surface area contributed by atoms with Gasteiger partial charge < -0.3 is 14.5 Å². The highest BCUT2D eigenvalue weighted by molar-refractivity contribution is 6.35. The van der Waals surface area contributed by atoms with Gasteiger partial charge in [0.05, 0.1) is 16.3 Å². The molecule has 2 heterocycles. The Morgan fingerprint density at radius 1 is 1.04 bits per heavy atom. The normalized spacial score (nSPS) is 11.2. The molecule has 0 unspecified atom stereocenters. The van der Waals surface area contributed by atoms with Crippen LogP contribution in [0.25, 0.3) is 33.7 Å². The Labute approximate surface area is 155 Å². The average molecular weight is 366 g/mol. The van der Waals surface area contributed by atoms with Crippen molar-refractivity contribution < 1.29 is 14.3 Å². The summed E-state index contributed by atoms with van der Waals surface area (Å²) in [5.41, 5.74) is 5.85. The Hall–Kier alpha value is -2.98. The van der Waals surface area contributed by atoms with Crippen LogP contribution in [0.5, 0.6) is 0 Å². The highest BCUT2D eigenvalue weighted by Gasteiger charge is 2.14. The van der Waals surface area contributed by atoms with Gasteiger partial charge >= 0.3 is 5.97 Å². The second-order valence-electron chi connectivity index (χ2n) is 6.32. The van der Waals surface area contributed by atoms with Gasteiger partial charge in [-0.15, -0.1) is 0 Å². The number of halogens is 1. The highest BCUT2D eigenvalue weighted by atomic mass is 35.5. The Kier molecular flexibility index (Phi) is 3.85. The zero-order chi connectivity index (χ0) is 18.4.